The molecule has 2 nitrogen and oxygen atoms in total. The molecule has 0 bridgehead atoms. The van der Waals surface area contributed by atoms with Crippen LogP contribution in [0.1, 0.15) is 32.3 Å². The van der Waals surface area contributed by atoms with E-state index in [0.717, 1.165) is 19.3 Å². The highest BCUT2D eigenvalue weighted by molar-refractivity contribution is 5.85. The Morgan fingerprint density at radius 3 is 2.21 bits per heavy atom. The van der Waals surface area contributed by atoms with Crippen LogP contribution in [-0.4, -0.2) is 23.3 Å². The van der Waals surface area contributed by atoms with Gasteiger partial charge in [0.05, 0.1) is 6.10 Å². The zero-order chi connectivity index (χ0) is 16.2. The van der Waals surface area contributed by atoms with Crippen LogP contribution in [0.4, 0.5) is 0 Å². The lowest BCUT2D eigenvalue weighted by Gasteiger charge is -2.19. The minimum Gasteiger partial charge on any atom is -0.391 e. The topological polar surface area (TPSA) is 32.3 Å². The van der Waals surface area contributed by atoms with Crippen LogP contribution in [0.5, 0.6) is 0 Å². The number of hydrogen-bond acceptors (Lipinski definition) is 2. The van der Waals surface area contributed by atoms with E-state index in [1.807, 2.05) is 6.07 Å². The van der Waals surface area contributed by atoms with E-state index >= 15 is 0 Å². The van der Waals surface area contributed by atoms with Crippen molar-refractivity contribution in [1.29, 1.82) is 0 Å². The predicted octanol–water partition coefficient (Wildman–Crippen LogP) is 4.46. The first-order valence-electron chi connectivity index (χ1n) is 8.70. The van der Waals surface area contributed by atoms with Crippen LogP contribution in [-0.2, 0) is 6.42 Å². The van der Waals surface area contributed by atoms with Crippen molar-refractivity contribution < 1.29 is 5.11 Å². The van der Waals surface area contributed by atoms with Crippen molar-refractivity contribution in [3.05, 3.63) is 60.2 Å². The number of benzene rings is 2. The number of halogens is 1. The lowest BCUT2D eigenvalue weighted by Crippen LogP contribution is -2.39. The Labute approximate surface area is 151 Å². The van der Waals surface area contributed by atoms with Crippen LogP contribution in [0.2, 0.25) is 0 Å². The molecule has 0 unspecified atom stereocenters. The van der Waals surface area contributed by atoms with Crippen molar-refractivity contribution in [2.45, 2.75) is 51.3 Å². The van der Waals surface area contributed by atoms with Gasteiger partial charge in [0.15, 0.2) is 0 Å². The van der Waals surface area contributed by atoms with Gasteiger partial charge in [0.1, 0.15) is 0 Å². The average molecular weight is 346 g/mol. The first kappa shape index (κ1) is 19.0. The Morgan fingerprint density at radius 2 is 1.58 bits per heavy atom. The molecule has 0 heterocycles. The Kier molecular flexibility index (Phi) is 6.85. The molecule has 0 aromatic heterocycles. The van der Waals surface area contributed by atoms with E-state index in [0.29, 0.717) is 12.0 Å². The lowest BCUT2D eigenvalue weighted by molar-refractivity contribution is 0.143. The van der Waals surface area contributed by atoms with Gasteiger partial charge in [-0.2, -0.15) is 0 Å². The lowest BCUT2D eigenvalue weighted by atomic mass is 9.96. The van der Waals surface area contributed by atoms with E-state index in [2.05, 4.69) is 67.7 Å². The molecule has 1 aliphatic rings. The van der Waals surface area contributed by atoms with Gasteiger partial charge in [0.25, 0.3) is 0 Å². The zero-order valence-electron chi connectivity index (χ0n) is 14.5. The smallest absolute Gasteiger partial charge is 0.0696 e. The molecule has 0 radical (unpaired) electrons. The molecule has 1 saturated carbocycles. The predicted molar refractivity (Wildman–Crippen MR) is 104 cm³/mol. The Balaban J connectivity index is 0.00000208. The largest absolute Gasteiger partial charge is 0.391 e. The van der Waals surface area contributed by atoms with Gasteiger partial charge in [-0.15, -0.1) is 12.4 Å². The van der Waals surface area contributed by atoms with Crippen LogP contribution in [0.3, 0.4) is 0 Å². The summed E-state index contributed by atoms with van der Waals surface area (Å²) in [6.45, 7) is 4.28. The van der Waals surface area contributed by atoms with Crippen LogP contribution in [0.15, 0.2) is 54.6 Å². The van der Waals surface area contributed by atoms with E-state index in [-0.39, 0.29) is 24.6 Å². The van der Waals surface area contributed by atoms with Gasteiger partial charge < -0.3 is 10.4 Å². The fourth-order valence-electron chi connectivity index (χ4n) is 3.69. The minimum atomic E-state index is -0.203. The molecule has 2 N–H and O–H groups in total. The summed E-state index contributed by atoms with van der Waals surface area (Å²) in [7, 11) is 0. The van der Waals surface area contributed by atoms with Gasteiger partial charge in [-0.25, -0.2) is 0 Å². The summed E-state index contributed by atoms with van der Waals surface area (Å²) in [5, 5.41) is 13.7. The summed E-state index contributed by atoms with van der Waals surface area (Å²) in [4.78, 5) is 0. The zero-order valence-corrected chi connectivity index (χ0v) is 15.3. The second-order valence-electron chi connectivity index (χ2n) is 7.10. The summed E-state index contributed by atoms with van der Waals surface area (Å²) >= 11 is 0. The summed E-state index contributed by atoms with van der Waals surface area (Å²) in [5.74, 6) is 0.573. The van der Waals surface area contributed by atoms with E-state index in [4.69, 9.17) is 0 Å². The van der Waals surface area contributed by atoms with Gasteiger partial charge in [-0.3, -0.25) is 0 Å². The highest BCUT2D eigenvalue weighted by Gasteiger charge is 2.32. The summed E-state index contributed by atoms with van der Waals surface area (Å²) in [5.41, 5.74) is 3.89. The molecule has 24 heavy (non-hydrogen) atoms. The SMILES string of the molecule is CC(C)N[C@@H]1C[C@H](Cc2ccc(-c3ccccc3)cc2)C[C@H]1O.Cl. The van der Waals surface area contributed by atoms with Crippen LogP contribution in [0, 0.1) is 5.92 Å². The van der Waals surface area contributed by atoms with Crippen molar-refractivity contribution in [3.8, 4) is 11.1 Å². The van der Waals surface area contributed by atoms with Crippen LogP contribution >= 0.6 is 12.4 Å². The van der Waals surface area contributed by atoms with E-state index in [1.54, 1.807) is 0 Å². The minimum absolute atomic E-state index is 0. The molecule has 0 spiro atoms. The number of rotatable bonds is 5. The van der Waals surface area contributed by atoms with Crippen molar-refractivity contribution in [2.24, 2.45) is 5.92 Å². The van der Waals surface area contributed by atoms with E-state index < -0.39 is 0 Å². The second-order valence-corrected chi connectivity index (χ2v) is 7.10. The number of aliphatic hydroxyl groups excluding tert-OH is 1. The maximum atomic E-state index is 10.2. The maximum absolute atomic E-state index is 10.2. The van der Waals surface area contributed by atoms with Gasteiger partial charge in [0, 0.05) is 12.1 Å². The molecule has 1 aliphatic carbocycles. The molecule has 0 saturated heterocycles. The third-order valence-corrected chi connectivity index (χ3v) is 4.76. The van der Waals surface area contributed by atoms with E-state index in [1.165, 1.54) is 16.7 Å². The van der Waals surface area contributed by atoms with Crippen LogP contribution in [0.25, 0.3) is 11.1 Å². The average Bonchev–Trinajstić information content (AvgIpc) is 2.88. The molecule has 2 aromatic carbocycles. The third-order valence-electron chi connectivity index (χ3n) is 4.76. The molecule has 2 aromatic rings. The molecule has 1 fully saturated rings. The highest BCUT2D eigenvalue weighted by Crippen LogP contribution is 2.30. The number of aliphatic hydroxyl groups is 1. The molecular formula is C21H28ClNO. The second kappa shape index (κ2) is 8.66. The number of hydrogen-bond donors (Lipinski definition) is 2. The third kappa shape index (κ3) is 4.83. The Morgan fingerprint density at radius 1 is 0.958 bits per heavy atom. The fourth-order valence-corrected chi connectivity index (χ4v) is 3.69. The van der Waals surface area contributed by atoms with Gasteiger partial charge in [0.2, 0.25) is 0 Å². The first-order chi connectivity index (χ1) is 11.1. The quantitative estimate of drug-likeness (QED) is 0.838. The van der Waals surface area contributed by atoms with Gasteiger partial charge in [-0.05, 0) is 41.9 Å². The maximum Gasteiger partial charge on any atom is 0.0696 e. The standard InChI is InChI=1S/C21H27NO.ClH/c1-15(2)22-20-13-17(14-21(20)23)12-16-8-10-19(11-9-16)18-6-4-3-5-7-18;/h3-11,15,17,20-23H,12-14H2,1-2H3;1H/t17-,20+,21+;/m0./s1. The summed E-state index contributed by atoms with van der Waals surface area (Å²) in [6, 6.07) is 20.0. The molecule has 130 valence electrons. The fraction of sp³-hybridized carbons (Fsp3) is 0.429. The molecule has 3 heteroatoms. The summed E-state index contributed by atoms with van der Waals surface area (Å²) in [6.07, 6.45) is 2.83. The van der Waals surface area contributed by atoms with Crippen molar-refractivity contribution >= 4 is 12.4 Å². The van der Waals surface area contributed by atoms with Gasteiger partial charge in [-0.1, -0.05) is 68.4 Å². The van der Waals surface area contributed by atoms with E-state index in [9.17, 15) is 5.11 Å². The Hall–Kier alpha value is -1.35. The molecule has 0 amide bonds. The molecule has 0 aliphatic heterocycles. The Bertz CT molecular complexity index is 611. The normalized spacial score (nSPS) is 23.2. The van der Waals surface area contributed by atoms with Gasteiger partial charge >= 0.3 is 0 Å². The first-order valence-corrected chi connectivity index (χ1v) is 8.70. The summed E-state index contributed by atoms with van der Waals surface area (Å²) < 4.78 is 0. The monoisotopic (exact) mass is 345 g/mol. The van der Waals surface area contributed by atoms with Crippen LogP contribution < -0.4 is 5.32 Å². The van der Waals surface area contributed by atoms with Crippen molar-refractivity contribution in [1.82, 2.24) is 5.32 Å². The number of nitrogens with one attached hydrogen (secondary N) is 1. The van der Waals surface area contributed by atoms with Crippen molar-refractivity contribution in [3.63, 3.8) is 0 Å². The highest BCUT2D eigenvalue weighted by atomic mass is 35.5. The van der Waals surface area contributed by atoms with Crippen molar-refractivity contribution in [2.75, 3.05) is 0 Å². The molecular weight excluding hydrogens is 318 g/mol. The molecule has 3 rings (SSSR count). The molecule has 3 atom stereocenters.